The highest BCUT2D eigenvalue weighted by Crippen LogP contribution is 2.34. The molecule has 1 aliphatic heterocycles. The Hall–Kier alpha value is -2.74. The van der Waals surface area contributed by atoms with Gasteiger partial charge < -0.3 is 14.8 Å². The van der Waals surface area contributed by atoms with Crippen molar-refractivity contribution >= 4 is 21.6 Å². The molecule has 150 valence electrons. The van der Waals surface area contributed by atoms with E-state index in [4.69, 9.17) is 9.47 Å². The Balaban J connectivity index is 1.76. The predicted octanol–water partition coefficient (Wildman–Crippen LogP) is 2.34. The molecular formula is C20H24N2O5S. The van der Waals surface area contributed by atoms with Crippen LogP contribution in [-0.4, -0.2) is 40.8 Å². The van der Waals surface area contributed by atoms with E-state index >= 15 is 0 Å². The molecule has 1 N–H and O–H groups in total. The maximum absolute atomic E-state index is 12.6. The van der Waals surface area contributed by atoms with Gasteiger partial charge in [-0.1, -0.05) is 0 Å². The van der Waals surface area contributed by atoms with Crippen molar-refractivity contribution < 1.29 is 22.7 Å². The van der Waals surface area contributed by atoms with Crippen molar-refractivity contribution in [3.63, 3.8) is 0 Å². The molecule has 2 aromatic rings. The molecule has 0 saturated heterocycles. The summed E-state index contributed by atoms with van der Waals surface area (Å²) in [4.78, 5) is 12.6. The fourth-order valence-electron chi connectivity index (χ4n) is 3.52. The van der Waals surface area contributed by atoms with Crippen molar-refractivity contribution in [1.82, 2.24) is 5.32 Å². The number of anilines is 1. The monoisotopic (exact) mass is 404 g/mol. The van der Waals surface area contributed by atoms with Crippen molar-refractivity contribution in [2.24, 2.45) is 0 Å². The van der Waals surface area contributed by atoms with E-state index in [2.05, 4.69) is 5.32 Å². The molecule has 0 aliphatic carbocycles. The van der Waals surface area contributed by atoms with Gasteiger partial charge in [0, 0.05) is 29.8 Å². The largest absolute Gasteiger partial charge is 0.497 e. The first-order valence-corrected chi connectivity index (χ1v) is 10.7. The first kappa shape index (κ1) is 20.0. The van der Waals surface area contributed by atoms with Gasteiger partial charge in [0.25, 0.3) is 5.91 Å². The molecular weight excluding hydrogens is 380 g/mol. The molecule has 8 heteroatoms. The second kappa shape index (κ2) is 7.71. The lowest BCUT2D eigenvalue weighted by atomic mass is 10.1. The molecule has 0 spiro atoms. The molecule has 28 heavy (non-hydrogen) atoms. The van der Waals surface area contributed by atoms with Crippen molar-refractivity contribution in [3.05, 3.63) is 53.1 Å². The van der Waals surface area contributed by atoms with Gasteiger partial charge in [-0.15, -0.1) is 0 Å². The molecule has 0 radical (unpaired) electrons. The minimum atomic E-state index is -3.35. The Morgan fingerprint density at radius 3 is 2.57 bits per heavy atom. The van der Waals surface area contributed by atoms with Gasteiger partial charge in [0.05, 0.1) is 26.2 Å². The molecule has 1 heterocycles. The standard InChI is InChI=1S/C20H24N2O5S/c1-13-9-16-10-14(6-8-18(16)22(13)28(4,24)25)20(23)21-12-15-5-7-17(26-2)11-19(15)27-3/h5-8,10-11,13H,9,12H2,1-4H3,(H,21,23). The number of rotatable bonds is 6. The zero-order valence-corrected chi connectivity index (χ0v) is 17.2. The average molecular weight is 404 g/mol. The van der Waals surface area contributed by atoms with Crippen molar-refractivity contribution in [2.45, 2.75) is 25.9 Å². The number of nitrogens with zero attached hydrogens (tertiary/aromatic N) is 1. The van der Waals surface area contributed by atoms with Crippen LogP contribution in [0.5, 0.6) is 11.5 Å². The van der Waals surface area contributed by atoms with Crippen molar-refractivity contribution in [1.29, 1.82) is 0 Å². The topological polar surface area (TPSA) is 84.9 Å². The Kier molecular flexibility index (Phi) is 5.51. The molecule has 0 aromatic heterocycles. The van der Waals surface area contributed by atoms with Gasteiger partial charge in [0.2, 0.25) is 10.0 Å². The fourth-order valence-corrected chi connectivity index (χ4v) is 4.79. The number of carbonyl (C=O) groups is 1. The van der Waals surface area contributed by atoms with Crippen molar-refractivity contribution in [2.75, 3.05) is 24.8 Å². The summed E-state index contributed by atoms with van der Waals surface area (Å²) in [5.74, 6) is 1.08. The summed E-state index contributed by atoms with van der Waals surface area (Å²) in [6, 6.07) is 10.4. The number of amides is 1. The van der Waals surface area contributed by atoms with Gasteiger partial charge in [-0.3, -0.25) is 9.10 Å². The van der Waals surface area contributed by atoms with Gasteiger partial charge in [-0.25, -0.2) is 8.42 Å². The van der Waals surface area contributed by atoms with E-state index in [1.807, 2.05) is 13.0 Å². The Labute approximate surface area is 165 Å². The summed E-state index contributed by atoms with van der Waals surface area (Å²) in [6.07, 6.45) is 1.78. The van der Waals surface area contributed by atoms with Crippen LogP contribution in [0.3, 0.4) is 0 Å². The highest BCUT2D eigenvalue weighted by atomic mass is 32.2. The molecule has 3 rings (SSSR count). The fraction of sp³-hybridized carbons (Fsp3) is 0.350. The van der Waals surface area contributed by atoms with Crippen LogP contribution in [0.2, 0.25) is 0 Å². The Morgan fingerprint density at radius 1 is 1.18 bits per heavy atom. The quantitative estimate of drug-likeness (QED) is 0.799. The zero-order chi connectivity index (χ0) is 20.5. The van der Waals surface area contributed by atoms with Gasteiger partial charge in [-0.05, 0) is 49.2 Å². The number of hydrogen-bond acceptors (Lipinski definition) is 5. The molecule has 0 bridgehead atoms. The number of benzene rings is 2. The summed E-state index contributed by atoms with van der Waals surface area (Å²) in [5, 5.41) is 2.88. The third-order valence-electron chi connectivity index (χ3n) is 4.79. The van der Waals surface area contributed by atoms with E-state index in [0.29, 0.717) is 35.7 Å². The molecule has 0 fully saturated rings. The van der Waals surface area contributed by atoms with Crippen LogP contribution in [0.4, 0.5) is 5.69 Å². The van der Waals surface area contributed by atoms with Gasteiger partial charge in [0.1, 0.15) is 11.5 Å². The maximum atomic E-state index is 12.6. The van der Waals surface area contributed by atoms with Gasteiger partial charge in [0.15, 0.2) is 0 Å². The van der Waals surface area contributed by atoms with Crippen LogP contribution in [0.15, 0.2) is 36.4 Å². The molecule has 2 aromatic carbocycles. The number of methoxy groups -OCH3 is 2. The van der Waals surface area contributed by atoms with E-state index in [1.165, 1.54) is 10.6 Å². The number of carbonyl (C=O) groups excluding carboxylic acids is 1. The second-order valence-corrected chi connectivity index (χ2v) is 8.68. The Bertz CT molecular complexity index is 1000. The lowest BCUT2D eigenvalue weighted by Crippen LogP contribution is -2.34. The summed E-state index contributed by atoms with van der Waals surface area (Å²) < 4.78 is 36.0. The first-order chi connectivity index (χ1) is 13.2. The molecule has 1 atom stereocenters. The average Bonchev–Trinajstić information content (AvgIpc) is 3.00. The van der Waals surface area contributed by atoms with Crippen LogP contribution in [0.25, 0.3) is 0 Å². The van der Waals surface area contributed by atoms with E-state index in [-0.39, 0.29) is 11.9 Å². The van der Waals surface area contributed by atoms with E-state index in [1.54, 1.807) is 44.6 Å². The number of hydrogen-bond donors (Lipinski definition) is 1. The lowest BCUT2D eigenvalue weighted by molar-refractivity contribution is 0.0950. The highest BCUT2D eigenvalue weighted by Gasteiger charge is 2.32. The number of fused-ring (bicyclic) bond motifs is 1. The molecule has 0 saturated carbocycles. The summed E-state index contributed by atoms with van der Waals surface area (Å²) in [6.45, 7) is 2.16. The zero-order valence-electron chi connectivity index (χ0n) is 16.4. The van der Waals surface area contributed by atoms with Crippen LogP contribution in [0.1, 0.15) is 28.4 Å². The third kappa shape index (κ3) is 3.91. The summed E-state index contributed by atoms with van der Waals surface area (Å²) in [5.41, 5.74) is 2.82. The summed E-state index contributed by atoms with van der Waals surface area (Å²) in [7, 11) is -0.205. The maximum Gasteiger partial charge on any atom is 0.251 e. The minimum Gasteiger partial charge on any atom is -0.497 e. The molecule has 1 unspecified atom stereocenters. The van der Waals surface area contributed by atoms with Crippen LogP contribution in [0, 0.1) is 0 Å². The smallest absolute Gasteiger partial charge is 0.251 e. The number of nitrogens with one attached hydrogen (secondary N) is 1. The molecule has 7 nitrogen and oxygen atoms in total. The van der Waals surface area contributed by atoms with Crippen LogP contribution < -0.4 is 19.1 Å². The SMILES string of the molecule is COc1ccc(CNC(=O)c2ccc3c(c2)CC(C)N3S(C)(=O)=O)c(OC)c1. The van der Waals surface area contributed by atoms with E-state index in [9.17, 15) is 13.2 Å². The normalized spacial score (nSPS) is 15.9. The van der Waals surface area contributed by atoms with Crippen LogP contribution in [-0.2, 0) is 23.0 Å². The highest BCUT2D eigenvalue weighted by molar-refractivity contribution is 7.92. The van der Waals surface area contributed by atoms with Gasteiger partial charge in [-0.2, -0.15) is 0 Å². The molecule has 1 aliphatic rings. The van der Waals surface area contributed by atoms with Gasteiger partial charge >= 0.3 is 0 Å². The Morgan fingerprint density at radius 2 is 1.93 bits per heavy atom. The first-order valence-electron chi connectivity index (χ1n) is 8.86. The van der Waals surface area contributed by atoms with E-state index in [0.717, 1.165) is 11.1 Å². The molecule has 1 amide bonds. The van der Waals surface area contributed by atoms with E-state index < -0.39 is 10.0 Å². The number of sulfonamides is 1. The predicted molar refractivity (Wildman–Crippen MR) is 108 cm³/mol. The summed E-state index contributed by atoms with van der Waals surface area (Å²) >= 11 is 0. The van der Waals surface area contributed by atoms with Crippen molar-refractivity contribution in [3.8, 4) is 11.5 Å². The number of ether oxygens (including phenoxy) is 2. The third-order valence-corrected chi connectivity index (χ3v) is 6.06. The minimum absolute atomic E-state index is 0.160. The lowest BCUT2D eigenvalue weighted by Gasteiger charge is -2.21. The van der Waals surface area contributed by atoms with Crippen LogP contribution >= 0.6 is 0 Å². The second-order valence-electron chi connectivity index (χ2n) is 6.82.